The largest absolute Gasteiger partial charge is 0.480 e. The highest BCUT2D eigenvalue weighted by molar-refractivity contribution is 5.93. The molecule has 5 atom stereocenters. The van der Waals surface area contributed by atoms with Crippen LogP contribution in [-0.2, 0) is 19.2 Å². The molecule has 0 spiro atoms. The van der Waals surface area contributed by atoms with Gasteiger partial charge in [-0.3, -0.25) is 14.4 Å². The van der Waals surface area contributed by atoms with Crippen molar-refractivity contribution in [1.82, 2.24) is 16.0 Å². The number of carboxylic acid groups (broad SMARTS) is 1. The van der Waals surface area contributed by atoms with Crippen LogP contribution < -0.4 is 27.4 Å². The van der Waals surface area contributed by atoms with E-state index >= 15 is 0 Å². The van der Waals surface area contributed by atoms with Crippen LogP contribution in [0.15, 0.2) is 0 Å². The third-order valence-corrected chi connectivity index (χ3v) is 4.69. The van der Waals surface area contributed by atoms with E-state index in [2.05, 4.69) is 16.0 Å². The Hall–Kier alpha value is -2.24. The zero-order valence-corrected chi connectivity index (χ0v) is 17.3. The minimum absolute atomic E-state index is 0.0705. The fraction of sp³-hybridized carbons (Fsp3) is 0.778. The van der Waals surface area contributed by atoms with Gasteiger partial charge in [0, 0.05) is 0 Å². The molecule has 5 unspecified atom stereocenters. The summed E-state index contributed by atoms with van der Waals surface area (Å²) in [4.78, 5) is 47.9. The van der Waals surface area contributed by atoms with E-state index in [9.17, 15) is 19.2 Å². The summed E-state index contributed by atoms with van der Waals surface area (Å²) in [6.45, 7) is 4.76. The summed E-state index contributed by atoms with van der Waals surface area (Å²) in [5.74, 6) is -3.30. The number of hydrogen-bond acceptors (Lipinski definition) is 7. The molecule has 0 saturated heterocycles. The molecule has 0 radical (unpaired) electrons. The van der Waals surface area contributed by atoms with E-state index in [1.807, 2.05) is 13.8 Å². The monoisotopic (exact) mass is 417 g/mol. The highest BCUT2D eigenvalue weighted by Crippen LogP contribution is 2.07. The number of carboxylic acids is 1. The summed E-state index contributed by atoms with van der Waals surface area (Å²) < 4.78 is 0. The number of amides is 3. The first-order valence-corrected chi connectivity index (χ1v) is 9.79. The molecular formula is C18H35N5O6. The SMILES string of the molecule is CCC(C)C(N)C(=O)NC(CCCCN)C(=O)NC(C)C(=O)NC(CO)C(=O)O. The molecule has 0 aliphatic carbocycles. The Morgan fingerprint density at radius 2 is 1.52 bits per heavy atom. The van der Waals surface area contributed by atoms with Gasteiger partial charge < -0.3 is 37.6 Å². The molecular weight excluding hydrogens is 382 g/mol. The van der Waals surface area contributed by atoms with Crippen LogP contribution in [0.3, 0.4) is 0 Å². The molecule has 11 nitrogen and oxygen atoms in total. The number of aliphatic hydroxyl groups excluding tert-OH is 1. The van der Waals surface area contributed by atoms with Crippen molar-refractivity contribution in [3.8, 4) is 0 Å². The van der Waals surface area contributed by atoms with Gasteiger partial charge in [0.05, 0.1) is 12.6 Å². The quantitative estimate of drug-likeness (QED) is 0.158. The maximum absolute atomic E-state index is 12.6. The number of carbonyl (C=O) groups excluding carboxylic acids is 3. The molecule has 11 heteroatoms. The second-order valence-corrected chi connectivity index (χ2v) is 7.07. The van der Waals surface area contributed by atoms with Crippen LogP contribution in [0.4, 0.5) is 0 Å². The van der Waals surface area contributed by atoms with E-state index < -0.39 is 54.5 Å². The van der Waals surface area contributed by atoms with Gasteiger partial charge in [0.15, 0.2) is 0 Å². The van der Waals surface area contributed by atoms with Crippen LogP contribution in [0.25, 0.3) is 0 Å². The van der Waals surface area contributed by atoms with E-state index in [4.69, 9.17) is 21.7 Å². The van der Waals surface area contributed by atoms with Gasteiger partial charge in [0.25, 0.3) is 0 Å². The molecule has 168 valence electrons. The summed E-state index contributed by atoms with van der Waals surface area (Å²) in [6, 6.07) is -4.23. The van der Waals surface area contributed by atoms with Crippen molar-refractivity contribution in [1.29, 1.82) is 0 Å². The summed E-state index contributed by atoms with van der Waals surface area (Å²) in [6.07, 6.45) is 2.25. The van der Waals surface area contributed by atoms with E-state index in [0.717, 1.165) is 0 Å². The maximum Gasteiger partial charge on any atom is 0.328 e. The first kappa shape index (κ1) is 26.8. The molecule has 0 aromatic rings. The van der Waals surface area contributed by atoms with Crippen molar-refractivity contribution in [3.63, 3.8) is 0 Å². The third-order valence-electron chi connectivity index (χ3n) is 4.69. The molecule has 0 rings (SSSR count). The Morgan fingerprint density at radius 1 is 0.931 bits per heavy atom. The zero-order chi connectivity index (χ0) is 22.6. The number of aliphatic hydroxyl groups is 1. The van der Waals surface area contributed by atoms with Gasteiger partial charge >= 0.3 is 5.97 Å². The molecule has 0 aromatic heterocycles. The van der Waals surface area contributed by atoms with Crippen LogP contribution in [0, 0.1) is 5.92 Å². The third kappa shape index (κ3) is 9.68. The first-order valence-electron chi connectivity index (χ1n) is 9.79. The number of aliphatic carboxylic acids is 1. The number of nitrogens with two attached hydrogens (primary N) is 2. The summed E-state index contributed by atoms with van der Waals surface area (Å²) in [5, 5.41) is 25.1. The first-order chi connectivity index (χ1) is 13.6. The van der Waals surface area contributed by atoms with Crippen LogP contribution >= 0.6 is 0 Å². The second-order valence-electron chi connectivity index (χ2n) is 7.07. The lowest BCUT2D eigenvalue weighted by Crippen LogP contribution is -2.57. The molecule has 0 fully saturated rings. The Bertz CT molecular complexity index is 559. The maximum atomic E-state index is 12.6. The predicted molar refractivity (Wildman–Crippen MR) is 107 cm³/mol. The lowest BCUT2D eigenvalue weighted by atomic mass is 9.98. The summed E-state index contributed by atoms with van der Waals surface area (Å²) in [7, 11) is 0. The van der Waals surface area contributed by atoms with Crippen LogP contribution in [-0.4, -0.2) is 71.2 Å². The van der Waals surface area contributed by atoms with E-state index in [-0.39, 0.29) is 5.92 Å². The molecule has 0 heterocycles. The highest BCUT2D eigenvalue weighted by Gasteiger charge is 2.28. The number of rotatable bonds is 14. The van der Waals surface area contributed by atoms with Crippen molar-refractivity contribution in [2.24, 2.45) is 17.4 Å². The van der Waals surface area contributed by atoms with E-state index in [0.29, 0.717) is 32.2 Å². The summed E-state index contributed by atoms with van der Waals surface area (Å²) in [5.41, 5.74) is 11.4. The van der Waals surface area contributed by atoms with Crippen molar-refractivity contribution in [2.45, 2.75) is 70.6 Å². The molecule has 9 N–H and O–H groups in total. The predicted octanol–water partition coefficient (Wildman–Crippen LogP) is -1.96. The molecule has 29 heavy (non-hydrogen) atoms. The molecule has 0 aliphatic heterocycles. The number of nitrogens with one attached hydrogen (secondary N) is 3. The number of unbranched alkanes of at least 4 members (excludes halogenated alkanes) is 1. The second kappa shape index (κ2) is 13.9. The smallest absolute Gasteiger partial charge is 0.328 e. The Labute approximate surface area is 171 Å². The lowest BCUT2D eigenvalue weighted by Gasteiger charge is -2.24. The Morgan fingerprint density at radius 3 is 2.00 bits per heavy atom. The van der Waals surface area contributed by atoms with Gasteiger partial charge in [-0.2, -0.15) is 0 Å². The fourth-order valence-corrected chi connectivity index (χ4v) is 2.40. The Kier molecular flexibility index (Phi) is 12.8. The van der Waals surface area contributed by atoms with E-state index in [1.54, 1.807) is 0 Å². The minimum Gasteiger partial charge on any atom is -0.480 e. The number of hydrogen-bond donors (Lipinski definition) is 7. The van der Waals surface area contributed by atoms with Gasteiger partial charge in [-0.1, -0.05) is 20.3 Å². The average Bonchev–Trinajstić information content (AvgIpc) is 2.69. The van der Waals surface area contributed by atoms with Crippen molar-refractivity contribution in [3.05, 3.63) is 0 Å². The van der Waals surface area contributed by atoms with Crippen molar-refractivity contribution < 1.29 is 29.4 Å². The van der Waals surface area contributed by atoms with Crippen LogP contribution in [0.2, 0.25) is 0 Å². The standard InChI is InChI=1S/C18H35N5O6/c1-4-10(2)14(20)17(27)22-12(7-5-6-8-19)16(26)21-11(3)15(25)23-13(9-24)18(28)29/h10-14,24H,4-9,19-20H2,1-3H3,(H,21,26)(H,22,27)(H,23,25)(H,28,29). The zero-order valence-electron chi connectivity index (χ0n) is 17.3. The molecule has 0 saturated carbocycles. The minimum atomic E-state index is -1.48. The fourth-order valence-electron chi connectivity index (χ4n) is 2.40. The van der Waals surface area contributed by atoms with Crippen molar-refractivity contribution >= 4 is 23.7 Å². The normalized spacial score (nSPS) is 16.1. The van der Waals surface area contributed by atoms with Gasteiger partial charge in [-0.25, -0.2) is 4.79 Å². The molecule has 0 bridgehead atoms. The van der Waals surface area contributed by atoms with Gasteiger partial charge in [-0.05, 0) is 38.6 Å². The number of carbonyl (C=O) groups is 4. The molecule has 0 aromatic carbocycles. The van der Waals surface area contributed by atoms with Crippen molar-refractivity contribution in [2.75, 3.05) is 13.2 Å². The van der Waals surface area contributed by atoms with E-state index in [1.165, 1.54) is 6.92 Å². The van der Waals surface area contributed by atoms with Gasteiger partial charge in [0.2, 0.25) is 17.7 Å². The van der Waals surface area contributed by atoms with Crippen LogP contribution in [0.1, 0.15) is 46.5 Å². The molecule has 3 amide bonds. The Balaban J connectivity index is 5.03. The molecule has 0 aliphatic rings. The van der Waals surface area contributed by atoms with Gasteiger partial charge in [-0.15, -0.1) is 0 Å². The highest BCUT2D eigenvalue weighted by atomic mass is 16.4. The van der Waals surface area contributed by atoms with Gasteiger partial charge in [0.1, 0.15) is 18.1 Å². The lowest BCUT2D eigenvalue weighted by molar-refractivity contribution is -0.143. The topological polar surface area (TPSA) is 197 Å². The van der Waals surface area contributed by atoms with Crippen LogP contribution in [0.5, 0.6) is 0 Å². The summed E-state index contributed by atoms with van der Waals surface area (Å²) >= 11 is 0. The average molecular weight is 418 g/mol.